The van der Waals surface area contributed by atoms with Crippen molar-refractivity contribution in [3.05, 3.63) is 82.9 Å². The molecule has 3 aromatic carbocycles. The molecule has 5 aromatic rings. The Morgan fingerprint density at radius 3 is 1.47 bits per heavy atom. The van der Waals surface area contributed by atoms with Gasteiger partial charge in [-0.1, -0.05) is 39.8 Å². The van der Waals surface area contributed by atoms with Gasteiger partial charge >= 0.3 is 12.2 Å². The smallest absolute Gasteiger partial charge is 0.407 e. The Kier molecular flexibility index (Phi) is 12.8. The summed E-state index contributed by atoms with van der Waals surface area (Å²) in [5.41, 5.74) is 5.39. The zero-order chi connectivity index (χ0) is 49.1. The molecule has 0 radical (unpaired) electrons. The van der Waals surface area contributed by atoms with Crippen LogP contribution in [0.3, 0.4) is 0 Å². The summed E-state index contributed by atoms with van der Waals surface area (Å²) in [5, 5.41) is 5.43. The number of methoxy groups -OCH3 is 2. The molecular weight excluding hydrogens is 899 g/mol. The summed E-state index contributed by atoms with van der Waals surface area (Å²) in [6, 6.07) is 12.4. The van der Waals surface area contributed by atoms with Crippen LogP contribution in [0.25, 0.3) is 22.1 Å². The number of anilines is 2. The van der Waals surface area contributed by atoms with Crippen LogP contribution in [0.5, 0.6) is 0 Å². The maximum absolute atomic E-state index is 16.5. The van der Waals surface area contributed by atoms with Crippen molar-refractivity contribution in [3.63, 3.8) is 0 Å². The van der Waals surface area contributed by atoms with Gasteiger partial charge in [0.1, 0.15) is 29.4 Å². The highest BCUT2D eigenvalue weighted by molar-refractivity contribution is 5.88. The van der Waals surface area contributed by atoms with Gasteiger partial charge in [-0.15, -0.1) is 0 Å². The zero-order valence-electron chi connectivity index (χ0n) is 40.8. The molecule has 2 aromatic heterocycles. The third-order valence-corrected chi connectivity index (χ3v) is 15.8. The highest BCUT2D eigenvalue weighted by Crippen LogP contribution is 2.50. The van der Waals surface area contributed by atoms with Crippen LogP contribution in [-0.2, 0) is 19.1 Å². The van der Waals surface area contributed by atoms with E-state index >= 15 is 8.78 Å². The van der Waals surface area contributed by atoms with Crippen molar-refractivity contribution in [1.29, 1.82) is 0 Å². The Balaban J connectivity index is 0.967. The second-order valence-electron chi connectivity index (χ2n) is 20.7. The average Bonchev–Trinajstić information content (AvgIpc) is 4.20. The number of amides is 4. The molecule has 16 nitrogen and oxygen atoms in total. The van der Waals surface area contributed by atoms with Crippen LogP contribution < -0.4 is 20.4 Å². The van der Waals surface area contributed by atoms with Gasteiger partial charge in [-0.05, 0) is 123 Å². The summed E-state index contributed by atoms with van der Waals surface area (Å²) in [6.45, 7) is 9.92. The number of alkyl carbamates (subject to hydrolysis) is 2. The number of rotatable bonds is 12. The molecule has 1 saturated carbocycles. The number of carbonyl (C=O) groups excluding carboxylic acids is 4. The van der Waals surface area contributed by atoms with E-state index in [4.69, 9.17) is 19.4 Å². The lowest BCUT2D eigenvalue weighted by molar-refractivity contribution is -0.136. The van der Waals surface area contributed by atoms with Crippen LogP contribution in [0, 0.1) is 35.3 Å². The van der Waals surface area contributed by atoms with Crippen molar-refractivity contribution < 1.29 is 37.4 Å². The molecule has 372 valence electrons. The van der Waals surface area contributed by atoms with E-state index in [1.54, 1.807) is 9.80 Å². The number of hydrogen-bond donors (Lipinski definition) is 4. The van der Waals surface area contributed by atoms with Crippen molar-refractivity contribution in [1.82, 2.24) is 40.4 Å². The summed E-state index contributed by atoms with van der Waals surface area (Å²) >= 11 is 0. The van der Waals surface area contributed by atoms with Crippen LogP contribution in [0.4, 0.5) is 29.7 Å². The first-order chi connectivity index (χ1) is 33.7. The number of carbonyl (C=O) groups is 4. The first-order valence-corrected chi connectivity index (χ1v) is 25.0. The van der Waals surface area contributed by atoms with Gasteiger partial charge in [0.25, 0.3) is 0 Å². The topological polar surface area (TPSA) is 181 Å². The Hall–Kier alpha value is -6.46. The fraction of sp³-hybridized carbons (Fsp3) is 0.538. The van der Waals surface area contributed by atoms with E-state index in [0.29, 0.717) is 92.1 Å². The normalized spacial score (nSPS) is 24.1. The van der Waals surface area contributed by atoms with Crippen molar-refractivity contribution in [2.75, 3.05) is 50.2 Å². The lowest BCUT2D eigenvalue weighted by atomic mass is 9.77. The SMILES string of the molecule is COC(=O)N[C@H](C(=O)N1CCC[C@H]1c1nc2cc([C@H]3CC[C@H](c4ccc5[nH]c([C@@H]6CCCN6C(=O)[C@@H](NC(=O)OC)C(C)C)nc5c4)N3c3cc(F)c(N4C[C@H]5CC[C@H]5C4)c(F)c3)ccc2[nH]1)C(C)C. The molecule has 5 aliphatic rings. The number of H-pyrrole nitrogens is 2. The second kappa shape index (κ2) is 19.0. The molecule has 0 spiro atoms. The number of halogens is 2. The quantitative estimate of drug-likeness (QED) is 0.0945. The minimum absolute atomic E-state index is 0.0434. The van der Waals surface area contributed by atoms with Crippen molar-refractivity contribution in [3.8, 4) is 0 Å². The molecule has 0 bridgehead atoms. The van der Waals surface area contributed by atoms with Crippen LogP contribution >= 0.6 is 0 Å². The molecule has 4 N–H and O–H groups in total. The van der Waals surface area contributed by atoms with Crippen LogP contribution in [0.1, 0.15) is 126 Å². The van der Waals surface area contributed by atoms with E-state index in [2.05, 4.69) is 25.5 Å². The summed E-state index contributed by atoms with van der Waals surface area (Å²) < 4.78 is 42.7. The molecule has 1 aliphatic carbocycles. The molecule has 6 heterocycles. The van der Waals surface area contributed by atoms with Crippen molar-refractivity contribution >= 4 is 57.4 Å². The number of ether oxygens (including phenoxy) is 2. The molecule has 0 unspecified atom stereocenters. The summed E-state index contributed by atoms with van der Waals surface area (Å²) in [6.07, 6.45) is 5.21. The fourth-order valence-electron chi connectivity index (χ4n) is 12.0. The van der Waals surface area contributed by atoms with E-state index in [1.807, 2.05) is 69.0 Å². The van der Waals surface area contributed by atoms with Gasteiger partial charge in [0.05, 0.1) is 60.5 Å². The Bertz CT molecular complexity index is 2630. The van der Waals surface area contributed by atoms with Gasteiger partial charge < -0.3 is 49.7 Å². The van der Waals surface area contributed by atoms with E-state index in [1.165, 1.54) is 26.4 Å². The number of nitrogens with one attached hydrogen (secondary N) is 4. The maximum atomic E-state index is 16.5. The van der Waals surface area contributed by atoms with E-state index < -0.39 is 35.9 Å². The Labute approximate surface area is 406 Å². The molecule has 70 heavy (non-hydrogen) atoms. The maximum Gasteiger partial charge on any atom is 0.407 e. The standard InChI is InChI=1S/C52H64F2N10O6/c1-27(2)44(59-51(67)69-5)49(65)62-19-7-9-42(62)47-55-36-15-13-29(21-38(36)57-47)40-17-18-41(64(40)33-23-34(53)46(35(54)24-33)61-25-31-11-12-32(31)26-61)30-14-16-37-39(22-30)58-48(56-37)43-10-8-20-63(43)50(66)45(28(3)4)60-52(68)70-6/h13-16,21-24,27-28,31-32,40-45H,7-12,17-20,25-26H2,1-6H3,(H,55,57)(H,56,58)(H,59,67)(H,60,68)/t31-,32+,40-,41-,42+,43+,44+,45+/m1/s1. The van der Waals surface area contributed by atoms with Gasteiger partial charge in [-0.25, -0.2) is 28.3 Å². The van der Waals surface area contributed by atoms with Gasteiger partial charge in [0, 0.05) is 31.9 Å². The lowest BCUT2D eigenvalue weighted by Crippen LogP contribution is -2.51. The molecule has 18 heteroatoms. The minimum Gasteiger partial charge on any atom is -0.453 e. The number of benzene rings is 3. The Morgan fingerprint density at radius 2 is 1.07 bits per heavy atom. The molecular formula is C52H64F2N10O6. The number of fused-ring (bicyclic) bond motifs is 3. The van der Waals surface area contributed by atoms with Gasteiger partial charge in [0.2, 0.25) is 11.8 Å². The van der Waals surface area contributed by atoms with Crippen molar-refractivity contribution in [2.24, 2.45) is 23.7 Å². The first-order valence-electron chi connectivity index (χ1n) is 25.0. The van der Waals surface area contributed by atoms with Crippen LogP contribution in [0.15, 0.2) is 48.5 Å². The third kappa shape index (κ3) is 8.64. The fourth-order valence-corrected chi connectivity index (χ4v) is 12.0. The first kappa shape index (κ1) is 47.2. The summed E-state index contributed by atoms with van der Waals surface area (Å²) in [5.74, 6) is 0.412. The highest BCUT2D eigenvalue weighted by Gasteiger charge is 2.43. The number of likely N-dealkylation sites (tertiary alicyclic amines) is 2. The molecule has 10 rings (SSSR count). The zero-order valence-corrected chi connectivity index (χ0v) is 40.8. The monoisotopic (exact) mass is 962 g/mol. The molecule has 4 amide bonds. The van der Waals surface area contributed by atoms with E-state index in [9.17, 15) is 19.2 Å². The van der Waals surface area contributed by atoms with Crippen molar-refractivity contribution in [2.45, 2.75) is 115 Å². The second-order valence-corrected chi connectivity index (χ2v) is 20.7. The number of aromatic nitrogens is 4. The summed E-state index contributed by atoms with van der Waals surface area (Å²) in [4.78, 5) is 76.9. The van der Waals surface area contributed by atoms with Gasteiger partial charge in [0.15, 0.2) is 11.6 Å². The predicted molar refractivity (Wildman–Crippen MR) is 260 cm³/mol. The van der Waals surface area contributed by atoms with E-state index in [-0.39, 0.29) is 53.5 Å². The Morgan fingerprint density at radius 1 is 0.629 bits per heavy atom. The number of aromatic amines is 2. The molecule has 4 aliphatic heterocycles. The molecule has 4 saturated heterocycles. The van der Waals surface area contributed by atoms with Crippen LogP contribution in [-0.4, -0.2) is 106 Å². The molecule has 8 atom stereocenters. The average molecular weight is 963 g/mol. The number of hydrogen-bond acceptors (Lipinski definition) is 10. The number of nitrogens with zero attached hydrogens (tertiary/aromatic N) is 6. The highest BCUT2D eigenvalue weighted by atomic mass is 19.1. The van der Waals surface area contributed by atoms with Gasteiger partial charge in [-0.2, -0.15) is 0 Å². The third-order valence-electron chi connectivity index (χ3n) is 15.8. The van der Waals surface area contributed by atoms with Crippen LogP contribution in [0.2, 0.25) is 0 Å². The van der Waals surface area contributed by atoms with E-state index in [0.717, 1.165) is 47.8 Å². The van der Waals surface area contributed by atoms with Gasteiger partial charge in [-0.3, -0.25) is 9.59 Å². The minimum atomic E-state index is -0.760. The summed E-state index contributed by atoms with van der Waals surface area (Å²) in [7, 11) is 2.55. The largest absolute Gasteiger partial charge is 0.453 e. The lowest BCUT2D eigenvalue weighted by Gasteiger charge is -2.34. The number of imidazole rings is 2. The predicted octanol–water partition coefficient (Wildman–Crippen LogP) is 8.73. The molecule has 5 fully saturated rings.